The third-order valence-corrected chi connectivity index (χ3v) is 10.4. The van der Waals surface area contributed by atoms with E-state index >= 15 is 0 Å². The van der Waals surface area contributed by atoms with E-state index in [1.54, 1.807) is 0 Å². The molecule has 1 saturated heterocycles. The second kappa shape index (κ2) is 33.5. The monoisotopic (exact) mass is 728 g/mol. The first-order valence-corrected chi connectivity index (χ1v) is 21.4. The normalized spacial score (nSPS) is 22.1. The summed E-state index contributed by atoms with van der Waals surface area (Å²) in [6.45, 7) is 3.77. The van der Waals surface area contributed by atoms with Crippen molar-refractivity contribution in [2.24, 2.45) is 0 Å². The molecule has 0 aromatic heterocycles. The van der Waals surface area contributed by atoms with E-state index in [1.165, 1.54) is 122 Å². The predicted octanol–water partition coefficient (Wildman–Crippen LogP) is 8.17. The zero-order valence-corrected chi connectivity index (χ0v) is 32.9. The second-order valence-corrected chi connectivity index (χ2v) is 15.1. The quantitative estimate of drug-likeness (QED) is 0.0283. The van der Waals surface area contributed by atoms with Gasteiger partial charge in [0, 0.05) is 6.42 Å². The van der Waals surface area contributed by atoms with Crippen LogP contribution >= 0.6 is 0 Å². The van der Waals surface area contributed by atoms with Crippen molar-refractivity contribution in [1.29, 1.82) is 0 Å². The number of hydrogen-bond donors (Lipinski definition) is 6. The van der Waals surface area contributed by atoms with Gasteiger partial charge in [-0.3, -0.25) is 4.79 Å². The molecule has 0 radical (unpaired) electrons. The van der Waals surface area contributed by atoms with Crippen molar-refractivity contribution in [3.05, 3.63) is 12.2 Å². The lowest BCUT2D eigenvalue weighted by molar-refractivity contribution is -0.302. The average Bonchev–Trinajstić information content (AvgIpc) is 3.13. The van der Waals surface area contributed by atoms with Crippen LogP contribution in [0.2, 0.25) is 0 Å². The van der Waals surface area contributed by atoms with Crippen molar-refractivity contribution >= 4 is 5.91 Å². The molecule has 1 aliphatic rings. The highest BCUT2D eigenvalue weighted by Gasteiger charge is 2.44. The lowest BCUT2D eigenvalue weighted by Gasteiger charge is -2.40. The summed E-state index contributed by atoms with van der Waals surface area (Å²) >= 11 is 0. The summed E-state index contributed by atoms with van der Waals surface area (Å²) in [5, 5.41) is 54.0. The summed E-state index contributed by atoms with van der Waals surface area (Å²) in [6.07, 6.45) is 29.5. The van der Waals surface area contributed by atoms with Crippen molar-refractivity contribution in [2.75, 3.05) is 13.2 Å². The van der Waals surface area contributed by atoms with E-state index in [4.69, 9.17) is 9.47 Å². The topological polar surface area (TPSA) is 149 Å². The molecule has 302 valence electrons. The summed E-state index contributed by atoms with van der Waals surface area (Å²) < 4.78 is 11.2. The first-order chi connectivity index (χ1) is 24.8. The van der Waals surface area contributed by atoms with Gasteiger partial charge < -0.3 is 40.3 Å². The van der Waals surface area contributed by atoms with Crippen LogP contribution in [-0.4, -0.2) is 87.5 Å². The molecule has 1 amide bonds. The van der Waals surface area contributed by atoms with E-state index in [9.17, 15) is 30.3 Å². The van der Waals surface area contributed by atoms with Crippen molar-refractivity contribution in [3.8, 4) is 0 Å². The number of carbonyl (C=O) groups is 1. The highest BCUT2D eigenvalue weighted by molar-refractivity contribution is 5.76. The summed E-state index contributed by atoms with van der Waals surface area (Å²) in [7, 11) is 0. The Hall–Kier alpha value is -1.07. The Balaban J connectivity index is 2.29. The van der Waals surface area contributed by atoms with Crippen molar-refractivity contribution in [1.82, 2.24) is 5.32 Å². The molecule has 1 rings (SSSR count). The van der Waals surface area contributed by atoms with Gasteiger partial charge in [0.1, 0.15) is 24.4 Å². The van der Waals surface area contributed by atoms with Crippen LogP contribution in [0.25, 0.3) is 0 Å². The molecule has 0 saturated carbocycles. The highest BCUT2D eigenvalue weighted by Crippen LogP contribution is 2.23. The zero-order chi connectivity index (χ0) is 37.4. The van der Waals surface area contributed by atoms with Gasteiger partial charge in [-0.15, -0.1) is 0 Å². The van der Waals surface area contributed by atoms with E-state index in [1.807, 2.05) is 0 Å². The summed E-state index contributed by atoms with van der Waals surface area (Å²) in [4.78, 5) is 12.9. The Morgan fingerprint density at radius 2 is 1.10 bits per heavy atom. The van der Waals surface area contributed by atoms with E-state index in [0.29, 0.717) is 12.8 Å². The standard InChI is InChI=1S/C42H81NO8/c1-3-5-7-9-11-13-14-15-16-17-18-19-20-21-22-24-26-28-30-32-38(46)43-35(36(45)31-29-27-25-23-12-10-8-6-4-2)34-50-42-41(49)40(48)39(47)37(33-44)51-42/h12,23,35-37,39-42,44-45,47-49H,3-11,13-22,24-34H2,1-2H3,(H,43,46)/b23-12+/t35-,36+,37-,39-,40?,41?,42-/m0/s1. The van der Waals surface area contributed by atoms with Crippen molar-refractivity contribution in [3.63, 3.8) is 0 Å². The van der Waals surface area contributed by atoms with E-state index in [-0.39, 0.29) is 12.5 Å². The SMILES string of the molecule is CCCCC/C=C/CCCC[C@@H](O)[C@H](CO[C@H]1O[C@@H](CO)[C@H](O)C(O)C1O)NC(=O)CCCCCCCCCCCCCCCCCCCCC. The number of amides is 1. The molecule has 2 unspecified atom stereocenters. The number of aliphatic hydroxyl groups excluding tert-OH is 5. The minimum absolute atomic E-state index is 0.147. The lowest BCUT2D eigenvalue weighted by atomic mass is 9.99. The molecule has 0 spiro atoms. The minimum atomic E-state index is -1.55. The number of hydrogen-bond acceptors (Lipinski definition) is 8. The third kappa shape index (κ3) is 24.8. The van der Waals surface area contributed by atoms with Gasteiger partial charge in [0.25, 0.3) is 0 Å². The maximum atomic E-state index is 12.9. The molecule has 51 heavy (non-hydrogen) atoms. The van der Waals surface area contributed by atoms with Gasteiger partial charge in [0.05, 0.1) is 25.4 Å². The highest BCUT2D eigenvalue weighted by atomic mass is 16.7. The van der Waals surface area contributed by atoms with Gasteiger partial charge in [-0.25, -0.2) is 0 Å². The van der Waals surface area contributed by atoms with E-state index in [2.05, 4.69) is 31.3 Å². The van der Waals surface area contributed by atoms with Gasteiger partial charge in [0.2, 0.25) is 5.91 Å². The van der Waals surface area contributed by atoms with Crippen LogP contribution < -0.4 is 5.32 Å². The summed E-state index contributed by atoms with van der Waals surface area (Å²) in [6, 6.07) is -0.727. The number of carbonyl (C=O) groups excluding carboxylic acids is 1. The van der Waals surface area contributed by atoms with Gasteiger partial charge in [-0.1, -0.05) is 161 Å². The third-order valence-electron chi connectivity index (χ3n) is 10.4. The smallest absolute Gasteiger partial charge is 0.220 e. The van der Waals surface area contributed by atoms with Crippen LogP contribution in [0.4, 0.5) is 0 Å². The van der Waals surface area contributed by atoms with Crippen LogP contribution in [0.15, 0.2) is 12.2 Å². The molecule has 9 nitrogen and oxygen atoms in total. The van der Waals surface area contributed by atoms with Crippen LogP contribution in [0, 0.1) is 0 Å². The fourth-order valence-corrected chi connectivity index (χ4v) is 6.86. The first kappa shape index (κ1) is 48.0. The molecule has 0 bridgehead atoms. The predicted molar refractivity (Wildman–Crippen MR) is 207 cm³/mol. The zero-order valence-electron chi connectivity index (χ0n) is 32.9. The largest absolute Gasteiger partial charge is 0.394 e. The molecule has 6 N–H and O–H groups in total. The molecule has 0 aliphatic carbocycles. The molecule has 7 atom stereocenters. The molecule has 9 heteroatoms. The number of ether oxygens (including phenoxy) is 2. The van der Waals surface area contributed by atoms with E-state index in [0.717, 1.165) is 44.9 Å². The van der Waals surface area contributed by atoms with Crippen LogP contribution in [0.1, 0.15) is 194 Å². The molecule has 0 aromatic carbocycles. The number of allylic oxidation sites excluding steroid dienone is 2. The fourth-order valence-electron chi connectivity index (χ4n) is 6.86. The molecular weight excluding hydrogens is 646 g/mol. The minimum Gasteiger partial charge on any atom is -0.394 e. The second-order valence-electron chi connectivity index (χ2n) is 15.1. The molecular formula is C42H81NO8. The number of unbranched alkanes of at least 4 members (excludes halogenated alkanes) is 23. The maximum absolute atomic E-state index is 12.9. The van der Waals surface area contributed by atoms with Crippen molar-refractivity contribution in [2.45, 2.75) is 236 Å². The van der Waals surface area contributed by atoms with Crippen molar-refractivity contribution < 1.29 is 39.8 Å². The van der Waals surface area contributed by atoms with Gasteiger partial charge >= 0.3 is 0 Å². The Labute approximate surface area is 312 Å². The van der Waals surface area contributed by atoms with E-state index < -0.39 is 49.5 Å². The van der Waals surface area contributed by atoms with Gasteiger partial charge in [-0.2, -0.15) is 0 Å². The van der Waals surface area contributed by atoms with Crippen LogP contribution in [0.5, 0.6) is 0 Å². The average molecular weight is 728 g/mol. The first-order valence-electron chi connectivity index (χ1n) is 21.4. The van der Waals surface area contributed by atoms with Crippen LogP contribution in [-0.2, 0) is 14.3 Å². The Morgan fingerprint density at radius 3 is 1.59 bits per heavy atom. The number of aliphatic hydroxyl groups is 5. The van der Waals surface area contributed by atoms with Crippen LogP contribution in [0.3, 0.4) is 0 Å². The number of rotatable bonds is 35. The molecule has 1 heterocycles. The fraction of sp³-hybridized carbons (Fsp3) is 0.929. The molecule has 1 aliphatic heterocycles. The van der Waals surface area contributed by atoms with Gasteiger partial charge in [-0.05, 0) is 38.5 Å². The number of nitrogens with one attached hydrogen (secondary N) is 1. The Morgan fingerprint density at radius 1 is 0.647 bits per heavy atom. The lowest BCUT2D eigenvalue weighted by Crippen LogP contribution is -2.60. The summed E-state index contributed by atoms with van der Waals surface area (Å²) in [5.41, 5.74) is 0. The molecule has 0 aromatic rings. The Kier molecular flexibility index (Phi) is 31.5. The van der Waals surface area contributed by atoms with Gasteiger partial charge in [0.15, 0.2) is 6.29 Å². The molecule has 1 fully saturated rings. The maximum Gasteiger partial charge on any atom is 0.220 e. The summed E-state index contributed by atoms with van der Waals surface area (Å²) in [5.74, 6) is -0.154. The Bertz CT molecular complexity index is 812.